The maximum atomic E-state index is 10.1. The van der Waals surface area contributed by atoms with Crippen LogP contribution in [0.2, 0.25) is 0 Å². The van der Waals surface area contributed by atoms with Crippen LogP contribution in [0.4, 0.5) is 0 Å². The molecule has 1 aliphatic heterocycles. The van der Waals surface area contributed by atoms with E-state index in [1.165, 1.54) is 0 Å². The van der Waals surface area contributed by atoms with E-state index >= 15 is 0 Å². The summed E-state index contributed by atoms with van der Waals surface area (Å²) in [6.07, 6.45) is 5.83. The molecule has 0 radical (unpaired) electrons. The molecular weight excluding hydrogens is 1260 g/mol. The molecule has 1 aliphatic rings. The number of benzene rings is 14. The highest BCUT2D eigenvalue weighted by atomic mass is 28.3. The van der Waals surface area contributed by atoms with Crippen molar-refractivity contribution in [2.24, 2.45) is 0 Å². The van der Waals surface area contributed by atoms with Crippen LogP contribution in [0.5, 0.6) is 11.5 Å². The lowest BCUT2D eigenvalue weighted by Crippen LogP contribution is -2.74. The third kappa shape index (κ3) is 9.33. The predicted molar refractivity (Wildman–Crippen MR) is 420 cm³/mol. The van der Waals surface area contributed by atoms with Gasteiger partial charge < -0.3 is 13.6 Å². The molecule has 0 spiro atoms. The van der Waals surface area contributed by atoms with Gasteiger partial charge in [0.2, 0.25) is 0 Å². The summed E-state index contributed by atoms with van der Waals surface area (Å²) < 4.78 is 170. The van der Waals surface area contributed by atoms with E-state index in [-0.39, 0.29) is 10.6 Å². The summed E-state index contributed by atoms with van der Waals surface area (Å²) in [5, 5.41) is 3.70. The Morgan fingerprint density at radius 1 is 0.402 bits per heavy atom. The Bertz CT molecular complexity index is 7330. The largest absolute Gasteiger partial charge is 0.458 e. The Balaban J connectivity index is 0.909. The number of rotatable bonds is 10. The first-order chi connectivity index (χ1) is 56.4. The lowest BCUT2D eigenvalue weighted by atomic mass is 9.87. The van der Waals surface area contributed by atoms with Crippen molar-refractivity contribution in [3.05, 3.63) is 345 Å². The number of hydrogen-bond donors (Lipinski definition) is 0. The lowest BCUT2D eigenvalue weighted by molar-refractivity contribution is -0.570. The van der Waals surface area contributed by atoms with Crippen LogP contribution in [0.1, 0.15) is 46.9 Å². The molecule has 482 valence electrons. The monoisotopic (exact) mass is 1340 g/mol. The van der Waals surface area contributed by atoms with E-state index in [1.807, 2.05) is 179 Å². The van der Waals surface area contributed by atoms with Gasteiger partial charge in [-0.15, -0.1) is 0 Å². The van der Waals surface area contributed by atoms with Gasteiger partial charge in [-0.2, -0.15) is 0 Å². The predicted octanol–water partition coefficient (Wildman–Crippen LogP) is 21.1. The van der Waals surface area contributed by atoms with E-state index in [2.05, 4.69) is 86.3 Å². The number of imidazole rings is 1. The lowest BCUT2D eigenvalue weighted by Gasteiger charge is -2.35. The Kier molecular flexibility index (Phi) is 10.3. The zero-order chi connectivity index (χ0) is 80.8. The van der Waals surface area contributed by atoms with Gasteiger partial charge in [0.05, 0.1) is 54.0 Å². The highest BCUT2D eigenvalue weighted by Gasteiger charge is 2.42. The van der Waals surface area contributed by atoms with Gasteiger partial charge in [0.25, 0.3) is 6.33 Å². The maximum Gasteiger partial charge on any atom is 0.269 e. The first kappa shape index (κ1) is 45.7. The number of ether oxygens (including phenoxy) is 1. The molecule has 14 aromatic carbocycles. The average Bonchev–Trinajstić information content (AvgIpc) is 1.15. The summed E-state index contributed by atoms with van der Waals surface area (Å²) in [5.41, 5.74) is 14.7. The Labute approximate surface area is 611 Å². The molecule has 0 fully saturated rings. The van der Waals surface area contributed by atoms with Crippen LogP contribution in [-0.2, 0) is 5.41 Å². The van der Waals surface area contributed by atoms with Crippen molar-refractivity contribution in [1.29, 1.82) is 0 Å². The number of hydrogen-bond acceptors (Lipinski definition) is 4. The smallest absolute Gasteiger partial charge is 0.269 e. The normalized spacial score (nSPS) is 14.3. The van der Waals surface area contributed by atoms with Crippen LogP contribution in [0.15, 0.2) is 342 Å². The maximum absolute atomic E-state index is 10.1. The molecule has 0 N–H and O–H groups in total. The van der Waals surface area contributed by atoms with Gasteiger partial charge in [0.1, 0.15) is 39.6 Å². The van der Waals surface area contributed by atoms with Crippen LogP contribution in [0.3, 0.4) is 0 Å². The SMILES string of the molecule is [2H]c1c([2H])c([2H])c([Si](c2ccc3c(c2)-c2cccc(-c4ccc5oc6ccccc6c5c4)c2-[n+]2[c-]n(-c4cccc(Oc5ccc6c7ccccc7n(-c7cc(C(C)(C)C)ccn7)c6c5)c4)c4cc(-c5ccc6oc7ccccc7c6c5)cc(c42)-c2ccccc2-3)(c2c([2H])c([2H])c([2H])c([2H])c2[2H])c2c([2H])c([2H])c([2H])c([2H])c2[2H])c([2H])c1[2H]. The molecular formula is C94H64N4O3Si. The molecule has 6 heterocycles. The quantitative estimate of drug-likeness (QED) is 0.0592. The number of nitrogens with zero attached hydrogens (tertiary/aromatic N) is 4. The molecule has 0 saturated heterocycles. The molecule has 0 aliphatic carbocycles. The summed E-state index contributed by atoms with van der Waals surface area (Å²) in [6.45, 7) is 6.56. The standard InChI is InChI=1S/C94H64N4O3Si/c1-94(2,3)63-49-50-95-91(55-63)98-84-38-18-15-33-75(84)76-45-43-66(57-85(76)98)99-65-24-21-23-64(56-65)96-59-97-92-71(61-42-48-90-82(52-61)78-35-17-20-40-88(78)101-90)36-22-37-79(92)80-58-70(102(67-25-7-4-8-26-67,68-27-9-5-10-28-68)69-29-11-6-12-30-69)44-46-74(80)72-31-13-14-32-73(72)83-53-62(54-86(96)93(83)97)60-41-47-89-81(51-60)77-34-16-19-39-87(77)100-89/h4-58H,1-3H3/i4D,5D,6D,7D,8D,9D,10D,11D,12D,25D,26D,27D,28D,29D,30D. The summed E-state index contributed by atoms with van der Waals surface area (Å²) in [4.78, 5) is 4.95. The van der Waals surface area contributed by atoms with Crippen LogP contribution in [0, 0.1) is 6.33 Å². The van der Waals surface area contributed by atoms with Crippen LogP contribution in [-0.4, -0.2) is 22.2 Å². The molecule has 102 heavy (non-hydrogen) atoms. The number of furan rings is 2. The van der Waals surface area contributed by atoms with Crippen molar-refractivity contribution < 1.29 is 38.7 Å². The first-order valence-electron chi connectivity index (χ1n) is 41.1. The molecule has 7 nitrogen and oxygen atoms in total. The van der Waals surface area contributed by atoms with Gasteiger partial charge in [0.15, 0.2) is 8.07 Å². The fraction of sp³-hybridized carbons (Fsp3) is 0.0426. The van der Waals surface area contributed by atoms with Crippen LogP contribution < -0.4 is 30.1 Å². The Morgan fingerprint density at radius 3 is 1.67 bits per heavy atom. The summed E-state index contributed by atoms with van der Waals surface area (Å²) in [6, 6.07) is 64.4. The minimum atomic E-state index is -5.72. The molecule has 19 aromatic rings. The summed E-state index contributed by atoms with van der Waals surface area (Å²) >= 11 is 0. The number of fused-ring (bicyclic) bond motifs is 16. The molecule has 20 rings (SSSR count). The fourth-order valence-corrected chi connectivity index (χ4v) is 19.2. The van der Waals surface area contributed by atoms with Gasteiger partial charge in [0, 0.05) is 44.6 Å². The van der Waals surface area contributed by atoms with E-state index in [0.29, 0.717) is 84.0 Å². The third-order valence-electron chi connectivity index (χ3n) is 20.1. The second-order valence-corrected chi connectivity index (χ2v) is 30.4. The number of pyridine rings is 1. The highest BCUT2D eigenvalue weighted by molar-refractivity contribution is 7.20. The second-order valence-electron chi connectivity index (χ2n) is 26.8. The van der Waals surface area contributed by atoms with Crippen LogP contribution in [0.25, 0.3) is 150 Å². The van der Waals surface area contributed by atoms with Crippen molar-refractivity contribution in [3.8, 4) is 84.3 Å². The zero-order valence-electron chi connectivity index (χ0n) is 70.1. The van der Waals surface area contributed by atoms with Crippen molar-refractivity contribution in [3.63, 3.8) is 0 Å². The topological polar surface area (TPSA) is 62.1 Å². The van der Waals surface area contributed by atoms with Crippen molar-refractivity contribution >= 4 is 106 Å². The third-order valence-corrected chi connectivity index (χ3v) is 24.3. The second kappa shape index (κ2) is 23.1. The van der Waals surface area contributed by atoms with Gasteiger partial charge >= 0.3 is 0 Å². The average molecular weight is 1340 g/mol. The Morgan fingerprint density at radius 2 is 0.971 bits per heavy atom. The summed E-state index contributed by atoms with van der Waals surface area (Å²) in [5.74, 6) is 1.83. The van der Waals surface area contributed by atoms with Crippen LogP contribution >= 0.6 is 0 Å². The van der Waals surface area contributed by atoms with Crippen molar-refractivity contribution in [2.45, 2.75) is 26.2 Å². The minimum absolute atomic E-state index is 0.0568. The van der Waals surface area contributed by atoms with Crippen molar-refractivity contribution in [1.82, 2.24) is 14.1 Å². The van der Waals surface area contributed by atoms with E-state index in [9.17, 15) is 16.4 Å². The zero-order valence-corrected chi connectivity index (χ0v) is 56.1. The van der Waals surface area contributed by atoms with Crippen molar-refractivity contribution in [2.75, 3.05) is 0 Å². The number of para-hydroxylation sites is 4. The number of aromatic nitrogens is 4. The Hall–Kier alpha value is -12.9. The molecule has 5 aromatic heterocycles. The molecule has 0 unspecified atom stereocenters. The van der Waals surface area contributed by atoms with Gasteiger partial charge in [-0.05, 0) is 178 Å². The highest BCUT2D eigenvalue weighted by Crippen LogP contribution is 2.48. The van der Waals surface area contributed by atoms with E-state index in [1.54, 1.807) is 18.2 Å². The van der Waals surface area contributed by atoms with Gasteiger partial charge in [-0.1, -0.05) is 251 Å². The molecule has 0 bridgehead atoms. The summed E-state index contributed by atoms with van der Waals surface area (Å²) in [7, 11) is -5.72. The van der Waals surface area contributed by atoms with Gasteiger partial charge in [-0.3, -0.25) is 13.7 Å². The molecule has 0 amide bonds. The molecule has 0 atom stereocenters. The first-order valence-corrected chi connectivity index (χ1v) is 35.6. The van der Waals surface area contributed by atoms with Gasteiger partial charge in [-0.25, -0.2) is 4.98 Å². The minimum Gasteiger partial charge on any atom is -0.458 e. The fourth-order valence-electron chi connectivity index (χ4n) is 15.4. The van der Waals surface area contributed by atoms with E-state index < -0.39 is 114 Å². The van der Waals surface area contributed by atoms with E-state index in [0.717, 1.165) is 82.6 Å². The van der Waals surface area contributed by atoms with E-state index in [4.69, 9.17) is 22.7 Å². The molecule has 8 heteroatoms. The molecule has 0 saturated carbocycles.